The number of benzene rings is 1. The van der Waals surface area contributed by atoms with Gasteiger partial charge in [0.1, 0.15) is 17.3 Å². The summed E-state index contributed by atoms with van der Waals surface area (Å²) in [5.41, 5.74) is 4.86. The van der Waals surface area contributed by atoms with E-state index in [2.05, 4.69) is 43.0 Å². The summed E-state index contributed by atoms with van der Waals surface area (Å²) in [4.78, 5) is 33.7. The molecule has 39 heavy (non-hydrogen) atoms. The van der Waals surface area contributed by atoms with Crippen molar-refractivity contribution < 1.29 is 4.79 Å². The molecule has 0 aliphatic carbocycles. The summed E-state index contributed by atoms with van der Waals surface area (Å²) in [6.07, 6.45) is 5.49. The van der Waals surface area contributed by atoms with Gasteiger partial charge in [-0.2, -0.15) is 10.2 Å². The number of hydrogen-bond donors (Lipinski definition) is 3. The number of hydrogen-bond acceptors (Lipinski definition) is 9. The summed E-state index contributed by atoms with van der Waals surface area (Å²) in [5.74, 6) is 2.02. The third kappa shape index (κ3) is 4.62. The van der Waals surface area contributed by atoms with Gasteiger partial charge in [-0.15, -0.1) is 0 Å². The Morgan fingerprint density at radius 3 is 2.82 bits per heavy atom. The molecule has 3 N–H and O–H groups in total. The Morgan fingerprint density at radius 1 is 1.21 bits per heavy atom. The van der Waals surface area contributed by atoms with Gasteiger partial charge in [-0.3, -0.25) is 14.8 Å². The number of carbonyl (C=O) groups is 1. The van der Waals surface area contributed by atoms with Crippen LogP contribution in [0.25, 0.3) is 11.6 Å². The summed E-state index contributed by atoms with van der Waals surface area (Å²) in [7, 11) is 0. The van der Waals surface area contributed by atoms with E-state index < -0.39 is 5.41 Å². The summed E-state index contributed by atoms with van der Waals surface area (Å²) in [6.45, 7) is 8.92. The lowest BCUT2D eigenvalue weighted by atomic mass is 9.86. The molecule has 0 saturated carbocycles. The number of aliphatic imine (C=N–C) groups is 1. The molecular formula is C29H29N9O. The van der Waals surface area contributed by atoms with Gasteiger partial charge in [0.05, 0.1) is 24.1 Å². The van der Waals surface area contributed by atoms with Crippen molar-refractivity contribution in [3.8, 4) is 6.07 Å². The van der Waals surface area contributed by atoms with Crippen LogP contribution in [0.1, 0.15) is 46.6 Å². The number of anilines is 3. The van der Waals surface area contributed by atoms with Gasteiger partial charge in [0.2, 0.25) is 5.95 Å². The highest BCUT2D eigenvalue weighted by molar-refractivity contribution is 6.36. The van der Waals surface area contributed by atoms with E-state index in [1.165, 1.54) is 0 Å². The maximum absolute atomic E-state index is 13.1. The molecule has 2 aromatic heterocycles. The van der Waals surface area contributed by atoms with E-state index >= 15 is 0 Å². The Bertz CT molecular complexity index is 1580. The fourth-order valence-corrected chi connectivity index (χ4v) is 4.84. The number of fused-ring (bicyclic) bond motifs is 3. The van der Waals surface area contributed by atoms with Gasteiger partial charge in [0.25, 0.3) is 5.91 Å². The fourth-order valence-electron chi connectivity index (χ4n) is 4.84. The van der Waals surface area contributed by atoms with Gasteiger partial charge in [0.15, 0.2) is 0 Å². The Hall–Kier alpha value is -4.62. The highest BCUT2D eigenvalue weighted by Gasteiger charge is 2.31. The fraction of sp³-hybridized carbons (Fsp3) is 0.310. The average Bonchev–Trinajstić information content (AvgIpc) is 3.42. The largest absolute Gasteiger partial charge is 0.349 e. The molecule has 196 valence electrons. The molecule has 1 fully saturated rings. The molecule has 5 heterocycles. The van der Waals surface area contributed by atoms with Gasteiger partial charge in [0, 0.05) is 48.9 Å². The second-order valence-electron chi connectivity index (χ2n) is 10.5. The lowest BCUT2D eigenvalue weighted by Gasteiger charge is -2.30. The first kappa shape index (κ1) is 24.7. The first-order valence-electron chi connectivity index (χ1n) is 13.0. The summed E-state index contributed by atoms with van der Waals surface area (Å²) in [6, 6.07) is 11.9. The quantitative estimate of drug-likeness (QED) is 0.452. The molecule has 3 aliphatic heterocycles. The van der Waals surface area contributed by atoms with Crippen molar-refractivity contribution in [1.82, 2.24) is 20.3 Å². The van der Waals surface area contributed by atoms with Crippen LogP contribution in [0.2, 0.25) is 0 Å². The predicted octanol–water partition coefficient (Wildman–Crippen LogP) is 3.39. The number of nitrogens with one attached hydrogen (secondary N) is 3. The summed E-state index contributed by atoms with van der Waals surface area (Å²) in [5, 5.41) is 19.1. The number of amidine groups is 1. The number of nitrogens with zero attached hydrogens (tertiary/aromatic N) is 6. The Kier molecular flexibility index (Phi) is 6.08. The zero-order valence-electron chi connectivity index (χ0n) is 22.1. The lowest BCUT2D eigenvalue weighted by molar-refractivity contribution is 0.102. The highest BCUT2D eigenvalue weighted by Crippen LogP contribution is 2.37. The number of rotatable bonds is 6. The van der Waals surface area contributed by atoms with Gasteiger partial charge in [-0.05, 0) is 67.8 Å². The summed E-state index contributed by atoms with van der Waals surface area (Å²) < 4.78 is 0. The molecule has 6 rings (SSSR count). The van der Waals surface area contributed by atoms with Gasteiger partial charge < -0.3 is 20.9 Å². The normalized spacial score (nSPS) is 16.3. The predicted molar refractivity (Wildman–Crippen MR) is 152 cm³/mol. The first-order chi connectivity index (χ1) is 18.8. The van der Waals surface area contributed by atoms with E-state index in [4.69, 9.17) is 9.98 Å². The van der Waals surface area contributed by atoms with Crippen molar-refractivity contribution in [2.75, 3.05) is 41.7 Å². The van der Waals surface area contributed by atoms with Crippen LogP contribution in [0.4, 0.5) is 17.5 Å². The number of carbonyl (C=O) groups excluding carboxylic acids is 1. The molecule has 1 amide bonds. The van der Waals surface area contributed by atoms with Crippen LogP contribution in [-0.4, -0.2) is 58.9 Å². The van der Waals surface area contributed by atoms with Crippen molar-refractivity contribution in [3.05, 3.63) is 70.7 Å². The number of nitriles is 1. The lowest BCUT2D eigenvalue weighted by Crippen LogP contribution is -2.51. The second kappa shape index (κ2) is 9.60. The molecule has 1 aromatic carbocycles. The molecule has 0 atom stereocenters. The van der Waals surface area contributed by atoms with Crippen molar-refractivity contribution in [2.45, 2.75) is 32.2 Å². The molecular weight excluding hydrogens is 490 g/mol. The Labute approximate surface area is 226 Å². The van der Waals surface area contributed by atoms with Crippen molar-refractivity contribution in [1.29, 1.82) is 5.26 Å². The van der Waals surface area contributed by atoms with Crippen LogP contribution in [0.5, 0.6) is 0 Å². The Balaban J connectivity index is 1.30. The van der Waals surface area contributed by atoms with Gasteiger partial charge in [-0.1, -0.05) is 6.07 Å². The maximum Gasteiger partial charge on any atom is 0.274 e. The molecule has 10 nitrogen and oxygen atoms in total. The Morgan fingerprint density at radius 2 is 2.05 bits per heavy atom. The molecule has 0 radical (unpaired) electrons. The van der Waals surface area contributed by atoms with Gasteiger partial charge >= 0.3 is 0 Å². The van der Waals surface area contributed by atoms with E-state index in [-0.39, 0.29) is 11.6 Å². The SMILES string of the molecule is Cc1ccc(NC(=O)c2cc(C(C)(C)C#N)ccn2)cc1C1=Cc2cnc(NC3CNC3)nc2N2CCN=C12. The number of aryl methyl sites for hydroxylation is 1. The van der Waals surface area contributed by atoms with E-state index in [1.807, 2.05) is 45.2 Å². The van der Waals surface area contributed by atoms with E-state index in [1.54, 1.807) is 18.3 Å². The van der Waals surface area contributed by atoms with Crippen molar-refractivity contribution in [2.24, 2.45) is 4.99 Å². The molecule has 10 heteroatoms. The van der Waals surface area contributed by atoms with E-state index in [0.717, 1.165) is 59.1 Å². The second-order valence-corrected chi connectivity index (χ2v) is 10.5. The molecule has 3 aliphatic rings. The van der Waals surface area contributed by atoms with E-state index in [0.29, 0.717) is 24.2 Å². The van der Waals surface area contributed by atoms with Crippen LogP contribution >= 0.6 is 0 Å². The minimum atomic E-state index is -0.721. The van der Waals surface area contributed by atoms with Crippen LogP contribution in [0.3, 0.4) is 0 Å². The zero-order valence-corrected chi connectivity index (χ0v) is 22.1. The van der Waals surface area contributed by atoms with Crippen LogP contribution < -0.4 is 20.9 Å². The number of amides is 1. The van der Waals surface area contributed by atoms with Crippen molar-refractivity contribution >= 4 is 40.8 Å². The molecule has 0 bridgehead atoms. The minimum Gasteiger partial charge on any atom is -0.349 e. The summed E-state index contributed by atoms with van der Waals surface area (Å²) >= 11 is 0. The average molecular weight is 520 g/mol. The van der Waals surface area contributed by atoms with E-state index in [9.17, 15) is 10.1 Å². The third-order valence-corrected chi connectivity index (χ3v) is 7.33. The zero-order chi connectivity index (χ0) is 27.1. The smallest absolute Gasteiger partial charge is 0.274 e. The maximum atomic E-state index is 13.1. The standard InChI is InChI=1S/C29H29N9O/c1-17-4-5-20(35-27(39)24-11-19(6-7-32-24)29(2,3)16-30)12-22(17)23-10-18-13-34-28(36-21-14-31-15-21)37-25(18)38-9-8-33-26(23)38/h4-7,10-13,21,31H,8-9,14-15H2,1-3H3,(H,35,39)(H,34,36,37). The van der Waals surface area contributed by atoms with Crippen LogP contribution in [0.15, 0.2) is 47.7 Å². The highest BCUT2D eigenvalue weighted by atomic mass is 16.1. The topological polar surface area (TPSA) is 131 Å². The van der Waals surface area contributed by atoms with Crippen molar-refractivity contribution in [3.63, 3.8) is 0 Å². The number of aromatic nitrogens is 3. The van der Waals surface area contributed by atoms with Crippen LogP contribution in [0, 0.1) is 18.3 Å². The minimum absolute atomic E-state index is 0.259. The molecule has 3 aromatic rings. The molecule has 0 spiro atoms. The first-order valence-corrected chi connectivity index (χ1v) is 13.0. The number of pyridine rings is 1. The third-order valence-electron chi connectivity index (χ3n) is 7.33. The molecule has 1 saturated heterocycles. The van der Waals surface area contributed by atoms with Gasteiger partial charge in [-0.25, -0.2) is 4.98 Å². The molecule has 0 unspecified atom stereocenters. The monoisotopic (exact) mass is 519 g/mol. The van der Waals surface area contributed by atoms with Crippen LogP contribution in [-0.2, 0) is 5.41 Å².